The number of ether oxygens (including phenoxy) is 1. The van der Waals surface area contributed by atoms with Crippen molar-refractivity contribution < 1.29 is 9.53 Å². The average molecular weight is 549 g/mol. The van der Waals surface area contributed by atoms with E-state index in [0.29, 0.717) is 34.9 Å². The molecule has 2 aromatic heterocycles. The summed E-state index contributed by atoms with van der Waals surface area (Å²) in [6, 6.07) is 30.3. The summed E-state index contributed by atoms with van der Waals surface area (Å²) in [4.78, 5) is 39.0. The predicted molar refractivity (Wildman–Crippen MR) is 158 cm³/mol. The van der Waals surface area contributed by atoms with Gasteiger partial charge in [-0.05, 0) is 56.3 Å². The van der Waals surface area contributed by atoms with Crippen LogP contribution in [-0.4, -0.2) is 31.8 Å². The Morgan fingerprint density at radius 2 is 1.52 bits per heavy atom. The predicted octanol–water partition coefficient (Wildman–Crippen LogP) is 6.09. The molecule has 8 heteroatoms. The van der Waals surface area contributed by atoms with Gasteiger partial charge < -0.3 is 4.74 Å². The number of carbonyl (C=O) groups excluding carboxylic acids is 1. The average Bonchev–Trinajstić information content (AvgIpc) is 2.96. The topological polar surface area (TPSA) is 77.3 Å². The highest BCUT2D eigenvalue weighted by Gasteiger charge is 2.28. The summed E-state index contributed by atoms with van der Waals surface area (Å²) < 4.78 is 7.53. The zero-order chi connectivity index (χ0) is 27.7. The Kier molecular flexibility index (Phi) is 6.96. The monoisotopic (exact) mass is 548 g/mol. The third-order valence-corrected chi connectivity index (χ3v) is 7.75. The van der Waals surface area contributed by atoms with Crippen LogP contribution in [0.4, 0.5) is 11.4 Å². The van der Waals surface area contributed by atoms with E-state index in [2.05, 4.69) is 0 Å². The summed E-state index contributed by atoms with van der Waals surface area (Å²) >= 11 is 1.23. The second-order valence-corrected chi connectivity index (χ2v) is 11.2. The lowest BCUT2D eigenvalue weighted by Crippen LogP contribution is -2.33. The first-order chi connectivity index (χ1) is 19.4. The highest BCUT2D eigenvalue weighted by Crippen LogP contribution is 2.30. The Hall–Kier alpha value is -4.27. The van der Waals surface area contributed by atoms with Crippen LogP contribution in [-0.2, 0) is 22.6 Å². The molecule has 0 unspecified atom stereocenters. The lowest BCUT2D eigenvalue weighted by Gasteiger charge is -2.31. The zero-order valence-corrected chi connectivity index (χ0v) is 23.1. The molecule has 5 aromatic rings. The van der Waals surface area contributed by atoms with Crippen molar-refractivity contribution >= 4 is 40.1 Å². The lowest BCUT2D eigenvalue weighted by atomic mass is 9.95. The third-order valence-electron chi connectivity index (χ3n) is 6.83. The summed E-state index contributed by atoms with van der Waals surface area (Å²) in [5.41, 5.74) is 3.82. The molecule has 0 saturated carbocycles. The van der Waals surface area contributed by atoms with Gasteiger partial charge in [0.2, 0.25) is 5.91 Å². The van der Waals surface area contributed by atoms with Crippen molar-refractivity contribution in [2.45, 2.75) is 37.6 Å². The van der Waals surface area contributed by atoms with Gasteiger partial charge >= 0.3 is 0 Å². The molecule has 3 heterocycles. The van der Waals surface area contributed by atoms with Crippen LogP contribution in [0, 0.1) is 0 Å². The van der Waals surface area contributed by atoms with Gasteiger partial charge in [0, 0.05) is 23.4 Å². The summed E-state index contributed by atoms with van der Waals surface area (Å²) in [5.74, 6) is -0.0611. The summed E-state index contributed by atoms with van der Waals surface area (Å²) in [5, 5.41) is 0.841. The fourth-order valence-electron chi connectivity index (χ4n) is 4.86. The van der Waals surface area contributed by atoms with Crippen molar-refractivity contribution in [1.29, 1.82) is 0 Å². The van der Waals surface area contributed by atoms with E-state index in [9.17, 15) is 9.59 Å². The van der Waals surface area contributed by atoms with E-state index in [0.717, 1.165) is 22.6 Å². The first-order valence-electron chi connectivity index (χ1n) is 13.1. The van der Waals surface area contributed by atoms with E-state index in [1.54, 1.807) is 9.47 Å². The quantitative estimate of drug-likeness (QED) is 0.189. The second-order valence-electron chi connectivity index (χ2n) is 10.2. The minimum atomic E-state index is -0.338. The minimum Gasteiger partial charge on any atom is -0.370 e. The van der Waals surface area contributed by atoms with E-state index in [1.807, 2.05) is 111 Å². The molecule has 3 aromatic carbocycles. The molecule has 0 bridgehead atoms. The molecule has 0 spiro atoms. The van der Waals surface area contributed by atoms with E-state index < -0.39 is 0 Å². The highest BCUT2D eigenvalue weighted by atomic mass is 32.2. The molecule has 1 aliphatic rings. The molecule has 40 heavy (non-hydrogen) atoms. The zero-order valence-electron chi connectivity index (χ0n) is 22.3. The number of fused-ring (bicyclic) bond motifs is 2. The van der Waals surface area contributed by atoms with Crippen molar-refractivity contribution in [2.75, 3.05) is 10.7 Å². The van der Waals surface area contributed by atoms with Gasteiger partial charge in [0.15, 0.2) is 10.8 Å². The van der Waals surface area contributed by atoms with Crippen molar-refractivity contribution in [3.8, 4) is 5.69 Å². The van der Waals surface area contributed by atoms with Crippen LogP contribution >= 0.6 is 11.8 Å². The van der Waals surface area contributed by atoms with Crippen LogP contribution in [0.5, 0.6) is 0 Å². The number of rotatable bonds is 6. The van der Waals surface area contributed by atoms with Gasteiger partial charge in [0.1, 0.15) is 0 Å². The van der Waals surface area contributed by atoms with Crippen LogP contribution in [0.1, 0.15) is 25.1 Å². The van der Waals surface area contributed by atoms with Crippen LogP contribution in [0.2, 0.25) is 0 Å². The molecule has 0 saturated heterocycles. The van der Waals surface area contributed by atoms with Gasteiger partial charge in [-0.2, -0.15) is 0 Å². The Morgan fingerprint density at radius 1 is 0.925 bits per heavy atom. The molecule has 1 amide bonds. The fourth-order valence-corrected chi connectivity index (χ4v) is 5.71. The van der Waals surface area contributed by atoms with Crippen LogP contribution in [0.15, 0.2) is 107 Å². The number of aromatic nitrogens is 3. The van der Waals surface area contributed by atoms with Crippen LogP contribution in [0.25, 0.3) is 16.7 Å². The van der Waals surface area contributed by atoms with Crippen LogP contribution < -0.4 is 10.5 Å². The van der Waals surface area contributed by atoms with Crippen molar-refractivity contribution in [1.82, 2.24) is 14.5 Å². The smallest absolute Gasteiger partial charge is 0.268 e. The van der Waals surface area contributed by atoms with Crippen molar-refractivity contribution in [3.63, 3.8) is 0 Å². The van der Waals surface area contributed by atoms with Crippen molar-refractivity contribution in [3.05, 3.63) is 119 Å². The second kappa shape index (κ2) is 10.7. The molecule has 7 nitrogen and oxygen atoms in total. The number of nitrogens with zero attached hydrogens (tertiary/aromatic N) is 4. The third kappa shape index (κ3) is 5.15. The molecule has 0 aliphatic carbocycles. The molecular weight excluding hydrogens is 520 g/mol. The first-order valence-corrected chi connectivity index (χ1v) is 14.1. The Bertz CT molecular complexity index is 1700. The van der Waals surface area contributed by atoms with Gasteiger partial charge in [-0.3, -0.25) is 19.1 Å². The fraction of sp³-hybridized carbons (Fsp3) is 0.188. The molecule has 0 atom stereocenters. The van der Waals surface area contributed by atoms with E-state index >= 15 is 0 Å². The molecular formula is C32H28N4O3S. The molecule has 0 fully saturated rings. The number of para-hydroxylation sites is 3. The number of thioether (sulfide) groups is 1. The highest BCUT2D eigenvalue weighted by molar-refractivity contribution is 7.99. The normalized spacial score (nSPS) is 14.1. The first kappa shape index (κ1) is 26.0. The van der Waals surface area contributed by atoms with Gasteiger partial charge in [-0.1, -0.05) is 66.4 Å². The van der Waals surface area contributed by atoms with Gasteiger partial charge in [0.05, 0.1) is 34.7 Å². The Balaban J connectivity index is 1.41. The summed E-state index contributed by atoms with van der Waals surface area (Å²) in [6.45, 7) is 4.46. The maximum absolute atomic E-state index is 13.9. The number of amides is 1. The number of pyridine rings is 1. The van der Waals surface area contributed by atoms with Crippen molar-refractivity contribution in [2.24, 2.45) is 0 Å². The van der Waals surface area contributed by atoms with E-state index in [1.165, 1.54) is 11.8 Å². The lowest BCUT2D eigenvalue weighted by molar-refractivity contribution is -0.115. The maximum Gasteiger partial charge on any atom is 0.268 e. The number of benzene rings is 3. The standard InChI is InChI=1S/C32H28N4O3S/c1-32(2)19-27-22(20-39-32)18-26-29(33-27)34-31(36(30(26)38)25-16-10-5-11-17-25)40-21-28(37)35(23-12-6-3-7-13-23)24-14-8-4-9-15-24/h3-18H,19-21H2,1-2H3. The SMILES string of the molecule is CC1(C)Cc2nc3nc(SCC(=O)N(c4ccccc4)c4ccccc4)n(-c4ccccc4)c(=O)c3cc2CO1. The Labute approximate surface area is 236 Å². The van der Waals surface area contributed by atoms with Gasteiger partial charge in [0.25, 0.3) is 5.56 Å². The number of anilines is 2. The number of hydrogen-bond acceptors (Lipinski definition) is 6. The summed E-state index contributed by atoms with van der Waals surface area (Å²) in [6.07, 6.45) is 0.631. The minimum absolute atomic E-state index is 0.0698. The van der Waals surface area contributed by atoms with Crippen LogP contribution in [0.3, 0.4) is 0 Å². The number of carbonyl (C=O) groups is 1. The van der Waals surface area contributed by atoms with Gasteiger partial charge in [-0.25, -0.2) is 9.97 Å². The largest absolute Gasteiger partial charge is 0.370 e. The molecule has 200 valence electrons. The summed E-state index contributed by atoms with van der Waals surface area (Å²) in [7, 11) is 0. The molecule has 0 N–H and O–H groups in total. The maximum atomic E-state index is 13.9. The van der Waals surface area contributed by atoms with E-state index in [-0.39, 0.29) is 22.8 Å². The molecule has 1 aliphatic heterocycles. The van der Waals surface area contributed by atoms with Gasteiger partial charge in [-0.15, -0.1) is 0 Å². The van der Waals surface area contributed by atoms with E-state index in [4.69, 9.17) is 14.7 Å². The molecule has 6 rings (SSSR count). The number of hydrogen-bond donors (Lipinski definition) is 0. The molecule has 0 radical (unpaired) electrons. The Morgan fingerprint density at radius 3 is 2.15 bits per heavy atom.